The number of anilines is 1. The Morgan fingerprint density at radius 2 is 1.88 bits per heavy atom. The van der Waals surface area contributed by atoms with Crippen LogP contribution >= 0.6 is 0 Å². The molecule has 3 heteroatoms. The second-order valence-electron chi connectivity index (χ2n) is 4.59. The van der Waals surface area contributed by atoms with Gasteiger partial charge in [0, 0.05) is 6.61 Å². The summed E-state index contributed by atoms with van der Waals surface area (Å²) in [5, 5.41) is 0. The van der Waals surface area contributed by atoms with Gasteiger partial charge in [-0.3, -0.25) is 4.58 Å². The number of hydrogen-bond acceptors (Lipinski definition) is 1. The van der Waals surface area contributed by atoms with Crippen LogP contribution in [0.4, 0.5) is 5.69 Å². The predicted molar refractivity (Wildman–Crippen MR) is 70.6 cm³/mol. The highest BCUT2D eigenvalue weighted by Gasteiger charge is 2.52. The first kappa shape index (κ1) is 12.1. The molecule has 0 aliphatic carbocycles. The topological polar surface area (TPSA) is 15.5 Å². The maximum absolute atomic E-state index is 5.82. The van der Waals surface area contributed by atoms with Crippen molar-refractivity contribution in [3.8, 4) is 0 Å². The van der Waals surface area contributed by atoms with Crippen LogP contribution < -0.4 is 4.90 Å². The molecule has 1 aromatic carbocycles. The van der Waals surface area contributed by atoms with E-state index >= 15 is 0 Å². The molecule has 92 valence electrons. The molecular weight excluding hydrogens is 212 g/mol. The maximum atomic E-state index is 5.82. The molecule has 0 unspecified atom stereocenters. The van der Waals surface area contributed by atoms with E-state index < -0.39 is 0 Å². The Balaban J connectivity index is 2.31. The van der Waals surface area contributed by atoms with E-state index in [1.54, 1.807) is 0 Å². The molecule has 1 aliphatic rings. The number of hydrogen-bond donors (Lipinski definition) is 0. The van der Waals surface area contributed by atoms with Crippen LogP contribution in [0.2, 0.25) is 0 Å². The van der Waals surface area contributed by atoms with Gasteiger partial charge in [0.1, 0.15) is 11.6 Å². The highest BCUT2D eigenvalue weighted by Crippen LogP contribution is 2.33. The fourth-order valence-electron chi connectivity index (χ4n) is 2.50. The number of ether oxygens (including phenoxy) is 1. The first-order chi connectivity index (χ1) is 8.16. The summed E-state index contributed by atoms with van der Waals surface area (Å²) in [6, 6.07) is 10.4. The van der Waals surface area contributed by atoms with Crippen LogP contribution in [0.15, 0.2) is 30.3 Å². The van der Waals surface area contributed by atoms with E-state index in [1.165, 1.54) is 11.5 Å². The van der Waals surface area contributed by atoms with Crippen molar-refractivity contribution in [2.45, 2.75) is 20.1 Å². The molecule has 0 amide bonds. The van der Waals surface area contributed by atoms with E-state index in [-0.39, 0.29) is 6.23 Å². The average Bonchev–Trinajstić information content (AvgIpc) is 2.33. The molecule has 1 saturated heterocycles. The van der Waals surface area contributed by atoms with Crippen LogP contribution in [0.25, 0.3) is 0 Å². The average molecular weight is 233 g/mol. The van der Waals surface area contributed by atoms with Crippen molar-refractivity contribution in [2.75, 3.05) is 25.6 Å². The van der Waals surface area contributed by atoms with Crippen LogP contribution in [0.3, 0.4) is 0 Å². The molecule has 0 bridgehead atoms. The second kappa shape index (κ2) is 4.88. The van der Waals surface area contributed by atoms with Gasteiger partial charge in [-0.2, -0.15) is 0 Å². The number of nitrogens with zero attached hydrogens (tertiary/aromatic N) is 2. The standard InChI is InChI=1S/C14H21N2O/c1-5-17-14-11(2)13(15(3)4)16(14)12-9-7-6-8-10-12/h6-11,14H,5H2,1-4H3/q+1/t11-,14+/m0/s1. The van der Waals surface area contributed by atoms with E-state index in [0.29, 0.717) is 5.92 Å². The Hall–Kier alpha value is -1.35. The van der Waals surface area contributed by atoms with Crippen LogP contribution in [0.5, 0.6) is 0 Å². The zero-order valence-electron chi connectivity index (χ0n) is 11.1. The number of amidine groups is 1. The molecule has 17 heavy (non-hydrogen) atoms. The third-order valence-corrected chi connectivity index (χ3v) is 3.17. The molecular formula is C14H21N2O+. The lowest BCUT2D eigenvalue weighted by atomic mass is 9.95. The first-order valence-corrected chi connectivity index (χ1v) is 6.16. The third kappa shape index (κ3) is 2.07. The van der Waals surface area contributed by atoms with E-state index in [0.717, 1.165) is 6.61 Å². The Labute approximate surface area is 103 Å². The van der Waals surface area contributed by atoms with Gasteiger partial charge in [0.2, 0.25) is 6.23 Å². The van der Waals surface area contributed by atoms with Crippen molar-refractivity contribution in [3.05, 3.63) is 30.3 Å². The minimum atomic E-state index is 0.166. The molecule has 0 radical (unpaired) electrons. The molecule has 0 saturated carbocycles. The van der Waals surface area contributed by atoms with Gasteiger partial charge >= 0.3 is 0 Å². The normalized spacial score (nSPS) is 23.5. The zero-order valence-corrected chi connectivity index (χ0v) is 11.1. The van der Waals surface area contributed by atoms with Gasteiger partial charge in [0.15, 0.2) is 0 Å². The summed E-state index contributed by atoms with van der Waals surface area (Å²) in [6.07, 6.45) is 0.166. The van der Waals surface area contributed by atoms with Crippen molar-refractivity contribution >= 4 is 11.5 Å². The lowest BCUT2D eigenvalue weighted by Crippen LogP contribution is -2.64. The largest absolute Gasteiger partial charge is 0.339 e. The molecule has 1 aliphatic heterocycles. The second-order valence-corrected chi connectivity index (χ2v) is 4.59. The van der Waals surface area contributed by atoms with Crippen molar-refractivity contribution in [1.29, 1.82) is 0 Å². The van der Waals surface area contributed by atoms with Gasteiger partial charge in [0.25, 0.3) is 5.84 Å². The monoisotopic (exact) mass is 233 g/mol. The minimum Gasteiger partial charge on any atom is -0.339 e. The Morgan fingerprint density at radius 1 is 1.24 bits per heavy atom. The fourth-order valence-corrected chi connectivity index (χ4v) is 2.50. The summed E-state index contributed by atoms with van der Waals surface area (Å²) in [5.41, 5.74) is 1.20. The van der Waals surface area contributed by atoms with Gasteiger partial charge in [-0.1, -0.05) is 18.2 Å². The van der Waals surface area contributed by atoms with Crippen LogP contribution in [-0.4, -0.2) is 37.3 Å². The summed E-state index contributed by atoms with van der Waals surface area (Å²) >= 11 is 0. The lowest BCUT2D eigenvalue weighted by Gasteiger charge is -2.41. The highest BCUT2D eigenvalue weighted by molar-refractivity contribution is 6.02. The van der Waals surface area contributed by atoms with Crippen molar-refractivity contribution in [2.24, 2.45) is 5.92 Å². The molecule has 1 heterocycles. The van der Waals surface area contributed by atoms with Crippen molar-refractivity contribution < 1.29 is 9.31 Å². The summed E-state index contributed by atoms with van der Waals surface area (Å²) in [4.78, 5) is 2.27. The number of para-hydroxylation sites is 1. The SMILES string of the molecule is CCO[C@@H]1[C@@H](C)C(=[N+](C)C)N1c1ccccc1. The summed E-state index contributed by atoms with van der Waals surface area (Å²) in [7, 11) is 4.17. The fraction of sp³-hybridized carbons (Fsp3) is 0.500. The van der Waals surface area contributed by atoms with Gasteiger partial charge < -0.3 is 4.74 Å². The van der Waals surface area contributed by atoms with E-state index in [9.17, 15) is 0 Å². The summed E-state index contributed by atoms with van der Waals surface area (Å²) < 4.78 is 7.99. The number of benzene rings is 1. The first-order valence-electron chi connectivity index (χ1n) is 6.16. The molecule has 1 aromatic rings. The van der Waals surface area contributed by atoms with Crippen molar-refractivity contribution in [1.82, 2.24) is 0 Å². The predicted octanol–water partition coefficient (Wildman–Crippen LogP) is 2.18. The Bertz CT molecular complexity index is 409. The van der Waals surface area contributed by atoms with E-state index in [1.807, 2.05) is 13.0 Å². The van der Waals surface area contributed by atoms with E-state index in [2.05, 4.69) is 54.8 Å². The van der Waals surface area contributed by atoms with Gasteiger partial charge in [-0.05, 0) is 26.0 Å². The van der Waals surface area contributed by atoms with Crippen LogP contribution in [-0.2, 0) is 4.74 Å². The number of rotatable bonds is 3. The lowest BCUT2D eigenvalue weighted by molar-refractivity contribution is -0.472. The van der Waals surface area contributed by atoms with Gasteiger partial charge in [-0.25, -0.2) is 4.90 Å². The maximum Gasteiger partial charge on any atom is 0.263 e. The molecule has 0 spiro atoms. The van der Waals surface area contributed by atoms with Gasteiger partial charge in [0.05, 0.1) is 14.1 Å². The molecule has 2 rings (SSSR count). The molecule has 3 nitrogen and oxygen atoms in total. The van der Waals surface area contributed by atoms with Crippen LogP contribution in [0.1, 0.15) is 13.8 Å². The smallest absolute Gasteiger partial charge is 0.263 e. The minimum absolute atomic E-state index is 0.166. The molecule has 2 atom stereocenters. The highest BCUT2D eigenvalue weighted by atomic mass is 16.5. The Morgan fingerprint density at radius 3 is 2.41 bits per heavy atom. The molecule has 1 fully saturated rings. The van der Waals surface area contributed by atoms with E-state index in [4.69, 9.17) is 4.74 Å². The summed E-state index contributed by atoms with van der Waals surface area (Å²) in [6.45, 7) is 5.01. The van der Waals surface area contributed by atoms with Crippen LogP contribution in [0, 0.1) is 5.92 Å². The zero-order chi connectivity index (χ0) is 12.4. The molecule has 0 N–H and O–H groups in total. The van der Waals surface area contributed by atoms with Crippen molar-refractivity contribution in [3.63, 3.8) is 0 Å². The Kier molecular flexibility index (Phi) is 3.48. The summed E-state index contributed by atoms with van der Waals surface area (Å²) in [5.74, 6) is 1.76. The third-order valence-electron chi connectivity index (χ3n) is 3.17. The molecule has 0 aromatic heterocycles. The quantitative estimate of drug-likeness (QED) is 0.744. The van der Waals surface area contributed by atoms with Gasteiger partial charge in [-0.15, -0.1) is 0 Å².